The maximum atomic E-state index is 13.0. The summed E-state index contributed by atoms with van der Waals surface area (Å²) in [5.74, 6) is -1.49. The van der Waals surface area contributed by atoms with Crippen molar-refractivity contribution in [3.8, 4) is 5.75 Å². The molecule has 0 radical (unpaired) electrons. The lowest BCUT2D eigenvalue weighted by Gasteiger charge is -2.26. The zero-order valence-corrected chi connectivity index (χ0v) is 10.0. The lowest BCUT2D eigenvalue weighted by Crippen LogP contribution is -2.32. The first-order valence-electron chi connectivity index (χ1n) is 5.86. The smallest absolute Gasteiger partial charge is 0.136 e. The number of ether oxygens (including phenoxy) is 1. The maximum Gasteiger partial charge on any atom is 0.136 e. The molecule has 96 valence electrons. The third-order valence-electron chi connectivity index (χ3n) is 3.00. The Kier molecular flexibility index (Phi) is 3.75. The van der Waals surface area contributed by atoms with Gasteiger partial charge in [-0.2, -0.15) is 0 Å². The van der Waals surface area contributed by atoms with Gasteiger partial charge >= 0.3 is 0 Å². The van der Waals surface area contributed by atoms with E-state index in [9.17, 15) is 13.6 Å². The molecule has 2 atom stereocenters. The normalized spacial score (nSPS) is 22.8. The molecule has 1 aliphatic carbocycles. The van der Waals surface area contributed by atoms with Crippen molar-refractivity contribution in [2.45, 2.75) is 25.9 Å². The van der Waals surface area contributed by atoms with E-state index in [0.29, 0.717) is 6.42 Å². The van der Waals surface area contributed by atoms with Crippen molar-refractivity contribution < 1.29 is 18.3 Å². The Morgan fingerprint density at radius 2 is 1.94 bits per heavy atom. The van der Waals surface area contributed by atoms with Gasteiger partial charge in [0.25, 0.3) is 0 Å². The summed E-state index contributed by atoms with van der Waals surface area (Å²) in [7, 11) is 0. The van der Waals surface area contributed by atoms with E-state index in [0.717, 1.165) is 24.6 Å². The zero-order chi connectivity index (χ0) is 13.1. The van der Waals surface area contributed by atoms with Gasteiger partial charge in [0.1, 0.15) is 29.3 Å². The molecule has 0 amide bonds. The molecule has 18 heavy (non-hydrogen) atoms. The van der Waals surface area contributed by atoms with Crippen LogP contribution < -0.4 is 4.74 Å². The molecule has 0 N–H and O–H groups in total. The van der Waals surface area contributed by atoms with E-state index in [1.165, 1.54) is 6.92 Å². The fraction of sp³-hybridized carbons (Fsp3) is 0.357. The van der Waals surface area contributed by atoms with Gasteiger partial charge in [-0.15, -0.1) is 0 Å². The number of ketones is 1. The zero-order valence-electron chi connectivity index (χ0n) is 10.0. The van der Waals surface area contributed by atoms with Gasteiger partial charge in [-0.3, -0.25) is 4.79 Å². The van der Waals surface area contributed by atoms with E-state index in [4.69, 9.17) is 4.74 Å². The maximum absolute atomic E-state index is 13.0. The van der Waals surface area contributed by atoms with Crippen LogP contribution in [0.1, 0.15) is 19.8 Å². The van der Waals surface area contributed by atoms with Crippen LogP contribution in [-0.2, 0) is 4.79 Å². The van der Waals surface area contributed by atoms with Crippen LogP contribution in [0.4, 0.5) is 8.78 Å². The van der Waals surface area contributed by atoms with Crippen LogP contribution in [0.2, 0.25) is 0 Å². The highest BCUT2D eigenvalue weighted by molar-refractivity contribution is 5.79. The highest BCUT2D eigenvalue weighted by atomic mass is 19.1. The Bertz CT molecular complexity index is 462. The molecular formula is C14H14F2O2. The summed E-state index contributed by atoms with van der Waals surface area (Å²) in [6.07, 6.45) is 4.77. The van der Waals surface area contributed by atoms with Crippen molar-refractivity contribution in [1.29, 1.82) is 0 Å². The average molecular weight is 252 g/mol. The van der Waals surface area contributed by atoms with Crippen LogP contribution in [0.5, 0.6) is 5.75 Å². The number of halogens is 2. The molecule has 0 saturated carbocycles. The van der Waals surface area contributed by atoms with Crippen molar-refractivity contribution in [2.24, 2.45) is 5.92 Å². The van der Waals surface area contributed by atoms with E-state index < -0.39 is 17.7 Å². The van der Waals surface area contributed by atoms with E-state index in [-0.39, 0.29) is 17.5 Å². The lowest BCUT2D eigenvalue weighted by atomic mass is 9.88. The first-order valence-corrected chi connectivity index (χ1v) is 5.86. The standard InChI is InChI=1S/C14H14F2O2/c1-9(17)13-4-2-3-5-14(13)18-12-7-10(15)6-11(16)8-12/h3,5-8,13-14H,2,4H2,1H3/t13-,14-/m0/s1. The highest BCUT2D eigenvalue weighted by Gasteiger charge is 2.27. The summed E-state index contributed by atoms with van der Waals surface area (Å²) in [5, 5.41) is 0. The molecule has 1 aliphatic rings. The number of Topliss-reactive ketones (excluding diaryl/α,β-unsaturated/α-hetero) is 1. The van der Waals surface area contributed by atoms with Gasteiger partial charge in [-0.25, -0.2) is 8.78 Å². The summed E-state index contributed by atoms with van der Waals surface area (Å²) in [6, 6.07) is 3.01. The van der Waals surface area contributed by atoms with Crippen LogP contribution in [-0.4, -0.2) is 11.9 Å². The molecule has 0 aromatic heterocycles. The highest BCUT2D eigenvalue weighted by Crippen LogP contribution is 2.25. The number of carbonyl (C=O) groups excluding carboxylic acids is 1. The number of hydrogen-bond acceptors (Lipinski definition) is 2. The van der Waals surface area contributed by atoms with Crippen molar-refractivity contribution in [3.05, 3.63) is 42.0 Å². The largest absolute Gasteiger partial charge is 0.485 e. The second-order valence-corrected chi connectivity index (χ2v) is 4.41. The molecule has 4 heteroatoms. The van der Waals surface area contributed by atoms with Crippen LogP contribution in [0.15, 0.2) is 30.4 Å². The van der Waals surface area contributed by atoms with Gasteiger partial charge in [0.2, 0.25) is 0 Å². The summed E-state index contributed by atoms with van der Waals surface area (Å²) in [4.78, 5) is 11.5. The van der Waals surface area contributed by atoms with E-state index in [2.05, 4.69) is 0 Å². The predicted octanol–water partition coefficient (Wildman–Crippen LogP) is 3.27. The average Bonchev–Trinajstić information content (AvgIpc) is 2.27. The number of carbonyl (C=O) groups is 1. The van der Waals surface area contributed by atoms with Crippen molar-refractivity contribution >= 4 is 5.78 Å². The fourth-order valence-electron chi connectivity index (χ4n) is 2.11. The number of allylic oxidation sites excluding steroid dienone is 1. The van der Waals surface area contributed by atoms with Crippen LogP contribution in [0.25, 0.3) is 0 Å². The Labute approximate surface area is 104 Å². The minimum absolute atomic E-state index is 0.0289. The first kappa shape index (κ1) is 12.7. The quantitative estimate of drug-likeness (QED) is 0.772. The van der Waals surface area contributed by atoms with Crippen molar-refractivity contribution in [2.75, 3.05) is 0 Å². The summed E-state index contributed by atoms with van der Waals surface area (Å²) < 4.78 is 31.6. The summed E-state index contributed by atoms with van der Waals surface area (Å²) in [6.45, 7) is 1.51. The predicted molar refractivity (Wildman–Crippen MR) is 63.3 cm³/mol. The molecule has 0 heterocycles. The van der Waals surface area contributed by atoms with Gasteiger partial charge in [-0.1, -0.05) is 6.08 Å². The summed E-state index contributed by atoms with van der Waals surface area (Å²) >= 11 is 0. The topological polar surface area (TPSA) is 26.3 Å². The van der Waals surface area contributed by atoms with Crippen molar-refractivity contribution in [1.82, 2.24) is 0 Å². The van der Waals surface area contributed by atoms with E-state index in [1.54, 1.807) is 6.08 Å². The molecule has 0 unspecified atom stereocenters. The minimum atomic E-state index is -0.691. The van der Waals surface area contributed by atoms with Crippen molar-refractivity contribution in [3.63, 3.8) is 0 Å². The Morgan fingerprint density at radius 3 is 2.56 bits per heavy atom. The fourth-order valence-corrected chi connectivity index (χ4v) is 2.11. The molecule has 0 fully saturated rings. The second-order valence-electron chi connectivity index (χ2n) is 4.41. The van der Waals surface area contributed by atoms with Crippen LogP contribution >= 0.6 is 0 Å². The number of benzene rings is 1. The van der Waals surface area contributed by atoms with Gasteiger partial charge in [0.05, 0.1) is 5.92 Å². The Morgan fingerprint density at radius 1 is 1.28 bits per heavy atom. The molecular weight excluding hydrogens is 238 g/mol. The molecule has 0 saturated heterocycles. The third kappa shape index (κ3) is 2.94. The second kappa shape index (κ2) is 5.29. The van der Waals surface area contributed by atoms with Crippen LogP contribution in [0, 0.1) is 17.6 Å². The lowest BCUT2D eigenvalue weighted by molar-refractivity contribution is -0.123. The van der Waals surface area contributed by atoms with Gasteiger partial charge in [0.15, 0.2) is 0 Å². The minimum Gasteiger partial charge on any atom is -0.485 e. The van der Waals surface area contributed by atoms with E-state index in [1.807, 2.05) is 6.08 Å². The van der Waals surface area contributed by atoms with Crippen LogP contribution in [0.3, 0.4) is 0 Å². The molecule has 1 aromatic carbocycles. The Balaban J connectivity index is 2.18. The van der Waals surface area contributed by atoms with Gasteiger partial charge in [0, 0.05) is 18.2 Å². The number of rotatable bonds is 3. The molecule has 0 aliphatic heterocycles. The monoisotopic (exact) mass is 252 g/mol. The number of hydrogen-bond donors (Lipinski definition) is 0. The molecule has 1 aromatic rings. The van der Waals surface area contributed by atoms with Gasteiger partial charge < -0.3 is 4.74 Å². The molecule has 2 rings (SSSR count). The third-order valence-corrected chi connectivity index (χ3v) is 3.00. The molecule has 2 nitrogen and oxygen atoms in total. The molecule has 0 bridgehead atoms. The SMILES string of the molecule is CC(=O)[C@@H]1CCC=C[C@@H]1Oc1cc(F)cc(F)c1. The first-order chi connectivity index (χ1) is 8.56. The Hall–Kier alpha value is -1.71. The van der Waals surface area contributed by atoms with E-state index >= 15 is 0 Å². The molecule has 0 spiro atoms. The van der Waals surface area contributed by atoms with Gasteiger partial charge in [-0.05, 0) is 25.8 Å². The summed E-state index contributed by atoms with van der Waals surface area (Å²) in [5.41, 5.74) is 0.